The molecule has 0 unspecified atom stereocenters. The van der Waals surface area contributed by atoms with Crippen molar-refractivity contribution < 1.29 is 38.0 Å². The van der Waals surface area contributed by atoms with Crippen molar-refractivity contribution in [3.63, 3.8) is 0 Å². The molecule has 12 N–H and O–H groups in total. The number of aliphatic imine (C=N–C) groups is 1. The molecule has 0 aliphatic carbocycles. The summed E-state index contributed by atoms with van der Waals surface area (Å²) in [5.41, 5.74) is 16.4. The van der Waals surface area contributed by atoms with Crippen LogP contribution in [-0.4, -0.2) is 90.6 Å². The van der Waals surface area contributed by atoms with Crippen LogP contribution in [0.5, 0.6) is 0 Å². The molecule has 1 aromatic rings. The molecule has 310 valence electrons. The van der Waals surface area contributed by atoms with Crippen LogP contribution in [0.1, 0.15) is 104 Å². The van der Waals surface area contributed by atoms with E-state index in [1.807, 2.05) is 41.5 Å². The van der Waals surface area contributed by atoms with Gasteiger partial charge in [-0.25, -0.2) is 0 Å². The number of furan rings is 1. The average Bonchev–Trinajstić information content (AvgIpc) is 3.66. The number of nitrogens with zero attached hydrogens (tertiary/aromatic N) is 1. The van der Waals surface area contributed by atoms with Crippen molar-refractivity contribution in [1.29, 1.82) is 0 Å². The van der Waals surface area contributed by atoms with Crippen molar-refractivity contribution in [2.45, 2.75) is 124 Å². The van der Waals surface area contributed by atoms with Gasteiger partial charge in [-0.15, -0.1) is 0 Å². The smallest absolute Gasteiger partial charge is 0.287 e. The van der Waals surface area contributed by atoms with Gasteiger partial charge in [0, 0.05) is 6.54 Å². The Kier molecular flexibility index (Phi) is 21.1. The molecule has 18 heteroatoms. The van der Waals surface area contributed by atoms with Crippen LogP contribution in [0.25, 0.3) is 0 Å². The SMILES string of the molecule is CC[C@H](C)[C@H](NC(=O)[C@H](CC(C)C)NC(=O)[C@H](CCCN=C(N)N)NC(=O)CNC(=O)[C@@H](NC(=O)[C@H](CC(C)C)NC(=O)c1ccco1)[C@@H](C)CC)C(N)=O. The van der Waals surface area contributed by atoms with E-state index in [2.05, 4.69) is 36.9 Å². The summed E-state index contributed by atoms with van der Waals surface area (Å²) >= 11 is 0. The Morgan fingerprint density at radius 3 is 1.71 bits per heavy atom. The van der Waals surface area contributed by atoms with Crippen LogP contribution in [0.4, 0.5) is 0 Å². The fourth-order valence-corrected chi connectivity index (χ4v) is 5.55. The predicted molar refractivity (Wildman–Crippen MR) is 208 cm³/mol. The molecule has 0 bridgehead atoms. The van der Waals surface area contributed by atoms with Gasteiger partial charge in [-0.05, 0) is 61.5 Å². The summed E-state index contributed by atoms with van der Waals surface area (Å²) < 4.78 is 5.15. The minimum Gasteiger partial charge on any atom is -0.459 e. The summed E-state index contributed by atoms with van der Waals surface area (Å²) in [4.78, 5) is 95.9. The number of nitrogens with two attached hydrogens (primary N) is 3. The van der Waals surface area contributed by atoms with E-state index in [9.17, 15) is 33.6 Å². The van der Waals surface area contributed by atoms with Gasteiger partial charge in [0.25, 0.3) is 5.91 Å². The molecule has 55 heavy (non-hydrogen) atoms. The van der Waals surface area contributed by atoms with E-state index < -0.39 is 78.1 Å². The maximum Gasteiger partial charge on any atom is 0.287 e. The van der Waals surface area contributed by atoms with Crippen LogP contribution in [0, 0.1) is 23.7 Å². The van der Waals surface area contributed by atoms with Crippen LogP contribution >= 0.6 is 0 Å². The number of amides is 7. The largest absolute Gasteiger partial charge is 0.459 e. The van der Waals surface area contributed by atoms with E-state index in [4.69, 9.17) is 21.6 Å². The van der Waals surface area contributed by atoms with E-state index in [-0.39, 0.29) is 67.6 Å². The molecule has 0 aliphatic heterocycles. The molecule has 0 fully saturated rings. The minimum atomic E-state index is -1.16. The average molecular weight is 777 g/mol. The minimum absolute atomic E-state index is 0.0173. The molecule has 0 saturated heterocycles. The van der Waals surface area contributed by atoms with E-state index >= 15 is 0 Å². The van der Waals surface area contributed by atoms with Gasteiger partial charge in [-0.2, -0.15) is 0 Å². The molecule has 0 aromatic carbocycles. The molecule has 1 rings (SSSR count). The fraction of sp³-hybridized carbons (Fsp3) is 0.676. The Hall–Kier alpha value is -5.16. The van der Waals surface area contributed by atoms with Crippen molar-refractivity contribution in [3.8, 4) is 0 Å². The van der Waals surface area contributed by atoms with Gasteiger partial charge >= 0.3 is 0 Å². The zero-order valence-electron chi connectivity index (χ0n) is 33.5. The van der Waals surface area contributed by atoms with Gasteiger partial charge in [-0.1, -0.05) is 68.2 Å². The molecule has 0 spiro atoms. The van der Waals surface area contributed by atoms with E-state index in [1.54, 1.807) is 19.9 Å². The lowest BCUT2D eigenvalue weighted by molar-refractivity contribution is -0.134. The number of primary amides is 1. The second kappa shape index (κ2) is 24.3. The monoisotopic (exact) mass is 776 g/mol. The maximum atomic E-state index is 13.6. The number of carbonyl (C=O) groups is 7. The number of carbonyl (C=O) groups excluding carboxylic acids is 7. The molecule has 7 amide bonds. The molecule has 0 saturated carbocycles. The number of rotatable bonds is 25. The zero-order chi connectivity index (χ0) is 41.8. The second-order valence-electron chi connectivity index (χ2n) is 14.8. The van der Waals surface area contributed by atoms with Crippen molar-refractivity contribution in [1.82, 2.24) is 31.9 Å². The van der Waals surface area contributed by atoms with Crippen LogP contribution in [0.2, 0.25) is 0 Å². The number of hydrogen-bond acceptors (Lipinski definition) is 9. The standard InChI is InChI=1S/C37H64N10O8/c1-9-22(7)29(31(38)49)46-33(51)25(17-20(3)4)44-32(50)24(13-11-15-41-37(39)40)43-28(48)19-42-36(54)30(23(8)10-2)47-34(52)26(18-21(5)6)45-35(53)27-14-12-16-55-27/h12,14,16,20-26,29-30H,9-11,13,15,17-19H2,1-8H3,(H2,38,49)(H,42,54)(H,43,48)(H,44,50)(H,45,53)(H,46,51)(H,47,52)(H4,39,40,41)/t22-,23-,24-,25-,26-,29-,30-/m0/s1. The summed E-state index contributed by atoms with van der Waals surface area (Å²) in [5.74, 6) is -5.26. The third-order valence-electron chi connectivity index (χ3n) is 9.04. The lowest BCUT2D eigenvalue weighted by Gasteiger charge is -2.28. The Bertz CT molecular complexity index is 1440. The highest BCUT2D eigenvalue weighted by Crippen LogP contribution is 2.13. The first kappa shape index (κ1) is 47.9. The summed E-state index contributed by atoms with van der Waals surface area (Å²) in [6, 6.07) is -2.19. The third kappa shape index (κ3) is 17.7. The van der Waals surface area contributed by atoms with Gasteiger partial charge < -0.3 is 53.5 Å². The molecular weight excluding hydrogens is 712 g/mol. The van der Waals surface area contributed by atoms with Gasteiger partial charge in [0.1, 0.15) is 30.2 Å². The Labute approximate surface area is 324 Å². The van der Waals surface area contributed by atoms with Crippen LogP contribution in [-0.2, 0) is 28.8 Å². The highest BCUT2D eigenvalue weighted by molar-refractivity contribution is 5.98. The maximum absolute atomic E-state index is 13.6. The number of hydrogen-bond donors (Lipinski definition) is 9. The number of guanidine groups is 1. The topological polar surface area (TPSA) is 295 Å². The van der Waals surface area contributed by atoms with Crippen molar-refractivity contribution in [2.75, 3.05) is 13.1 Å². The predicted octanol–water partition coefficient (Wildman–Crippen LogP) is 0.157. The highest BCUT2D eigenvalue weighted by atomic mass is 16.3. The lowest BCUT2D eigenvalue weighted by Crippen LogP contribution is -2.58. The highest BCUT2D eigenvalue weighted by Gasteiger charge is 2.33. The summed E-state index contributed by atoms with van der Waals surface area (Å²) in [5, 5.41) is 15.9. The first-order chi connectivity index (χ1) is 25.8. The van der Waals surface area contributed by atoms with E-state index in [0.29, 0.717) is 12.8 Å². The van der Waals surface area contributed by atoms with Gasteiger partial charge in [0.05, 0.1) is 12.8 Å². The van der Waals surface area contributed by atoms with Crippen LogP contribution in [0.15, 0.2) is 27.8 Å². The third-order valence-corrected chi connectivity index (χ3v) is 9.04. The Morgan fingerprint density at radius 1 is 0.691 bits per heavy atom. The normalized spacial score (nSPS) is 14.9. The van der Waals surface area contributed by atoms with Gasteiger partial charge in [0.15, 0.2) is 11.7 Å². The number of nitrogens with one attached hydrogen (secondary N) is 6. The van der Waals surface area contributed by atoms with E-state index in [1.165, 1.54) is 12.3 Å². The van der Waals surface area contributed by atoms with Crippen molar-refractivity contribution in [2.24, 2.45) is 45.9 Å². The molecule has 0 aliphatic rings. The lowest BCUT2D eigenvalue weighted by atomic mass is 9.96. The molecular formula is C37H64N10O8. The van der Waals surface area contributed by atoms with Crippen molar-refractivity contribution >= 4 is 47.3 Å². The Morgan fingerprint density at radius 2 is 1.22 bits per heavy atom. The van der Waals surface area contributed by atoms with Crippen LogP contribution < -0.4 is 49.1 Å². The first-order valence-electron chi connectivity index (χ1n) is 19.0. The summed E-state index contributed by atoms with van der Waals surface area (Å²) in [7, 11) is 0. The molecule has 1 aromatic heterocycles. The quantitative estimate of drug-likeness (QED) is 0.0368. The molecule has 0 radical (unpaired) electrons. The van der Waals surface area contributed by atoms with E-state index in [0.717, 1.165) is 0 Å². The molecule has 18 nitrogen and oxygen atoms in total. The summed E-state index contributed by atoms with van der Waals surface area (Å²) in [6.07, 6.45) is 3.27. The molecule has 1 heterocycles. The first-order valence-corrected chi connectivity index (χ1v) is 19.0. The van der Waals surface area contributed by atoms with Gasteiger partial charge in [0.2, 0.25) is 35.4 Å². The van der Waals surface area contributed by atoms with Crippen molar-refractivity contribution in [3.05, 3.63) is 24.2 Å². The fourth-order valence-electron chi connectivity index (χ4n) is 5.55. The summed E-state index contributed by atoms with van der Waals surface area (Å²) in [6.45, 7) is 14.3. The Balaban J connectivity index is 3.14. The zero-order valence-corrected chi connectivity index (χ0v) is 33.5. The van der Waals surface area contributed by atoms with Crippen LogP contribution in [0.3, 0.4) is 0 Å². The second-order valence-corrected chi connectivity index (χ2v) is 14.8. The molecule has 7 atom stereocenters. The van der Waals surface area contributed by atoms with Gasteiger partial charge in [-0.3, -0.25) is 38.6 Å².